The summed E-state index contributed by atoms with van der Waals surface area (Å²) in [5.41, 5.74) is 0. The van der Waals surface area contributed by atoms with Gasteiger partial charge in [-0.15, -0.1) is 0 Å². The van der Waals surface area contributed by atoms with Crippen molar-refractivity contribution in [1.29, 1.82) is 0 Å². The number of amides is 1. The summed E-state index contributed by atoms with van der Waals surface area (Å²) in [4.78, 5) is 13.7. The molecule has 0 fully saturated rings. The highest BCUT2D eigenvalue weighted by Crippen LogP contribution is 2.10. The first-order valence-electron chi connectivity index (χ1n) is 8.16. The fourth-order valence-electron chi connectivity index (χ4n) is 2.25. The van der Waals surface area contributed by atoms with E-state index in [-0.39, 0.29) is 12.6 Å². The monoisotopic (exact) mass is 351 g/mol. The minimum atomic E-state index is -0.171. The van der Waals surface area contributed by atoms with E-state index >= 15 is 0 Å². The SMILES string of the molecule is CCCCN(CCCCCCCCCCF)C(=O)CBr. The van der Waals surface area contributed by atoms with Gasteiger partial charge in [-0.3, -0.25) is 9.18 Å². The van der Waals surface area contributed by atoms with Gasteiger partial charge in [-0.05, 0) is 19.3 Å². The molecule has 0 spiro atoms. The van der Waals surface area contributed by atoms with Gasteiger partial charge in [0.25, 0.3) is 0 Å². The number of halogens is 2. The fraction of sp³-hybridized carbons (Fsp3) is 0.938. The predicted molar refractivity (Wildman–Crippen MR) is 88.2 cm³/mol. The molecule has 0 aromatic rings. The van der Waals surface area contributed by atoms with Crippen LogP contribution in [0.4, 0.5) is 4.39 Å². The van der Waals surface area contributed by atoms with Crippen molar-refractivity contribution in [1.82, 2.24) is 4.90 Å². The largest absolute Gasteiger partial charge is 0.342 e. The third-order valence-electron chi connectivity index (χ3n) is 3.56. The van der Waals surface area contributed by atoms with Crippen molar-refractivity contribution in [2.75, 3.05) is 25.1 Å². The molecule has 0 radical (unpaired) electrons. The Labute approximate surface area is 132 Å². The second kappa shape index (κ2) is 15.3. The first-order valence-corrected chi connectivity index (χ1v) is 9.28. The van der Waals surface area contributed by atoms with Gasteiger partial charge in [0, 0.05) is 13.1 Å². The van der Waals surface area contributed by atoms with E-state index in [9.17, 15) is 9.18 Å². The van der Waals surface area contributed by atoms with Crippen molar-refractivity contribution in [3.8, 4) is 0 Å². The number of carbonyl (C=O) groups is 1. The summed E-state index contributed by atoms with van der Waals surface area (Å²) in [5, 5.41) is 0.436. The molecular weight excluding hydrogens is 321 g/mol. The molecule has 0 bridgehead atoms. The fourth-order valence-corrected chi connectivity index (χ4v) is 2.61. The standard InChI is InChI=1S/C16H31BrFNO/c1-2-3-13-19(16(20)15-17)14-11-9-7-5-4-6-8-10-12-18/h2-15H2,1H3. The molecule has 0 heterocycles. The van der Waals surface area contributed by atoms with Crippen LogP contribution in [-0.4, -0.2) is 35.9 Å². The average Bonchev–Trinajstić information content (AvgIpc) is 2.47. The number of rotatable bonds is 14. The molecule has 0 atom stereocenters. The number of carbonyl (C=O) groups excluding carboxylic acids is 1. The van der Waals surface area contributed by atoms with Gasteiger partial charge in [0.15, 0.2) is 0 Å². The Bertz CT molecular complexity index is 227. The lowest BCUT2D eigenvalue weighted by molar-refractivity contribution is -0.128. The molecule has 2 nitrogen and oxygen atoms in total. The summed E-state index contributed by atoms with van der Waals surface area (Å²) in [7, 11) is 0. The smallest absolute Gasteiger partial charge is 0.233 e. The Morgan fingerprint density at radius 2 is 1.40 bits per heavy atom. The van der Waals surface area contributed by atoms with E-state index in [1.165, 1.54) is 25.7 Å². The zero-order valence-electron chi connectivity index (χ0n) is 13.0. The quantitative estimate of drug-likeness (QED) is 0.315. The molecule has 0 aromatic heterocycles. The first-order chi connectivity index (χ1) is 9.76. The third kappa shape index (κ3) is 11.7. The van der Waals surface area contributed by atoms with E-state index in [2.05, 4.69) is 22.9 Å². The van der Waals surface area contributed by atoms with Gasteiger partial charge in [0.1, 0.15) is 0 Å². The molecule has 0 unspecified atom stereocenters. The van der Waals surface area contributed by atoms with Gasteiger partial charge >= 0.3 is 0 Å². The van der Waals surface area contributed by atoms with E-state index in [1.807, 2.05) is 4.90 Å². The molecule has 20 heavy (non-hydrogen) atoms. The van der Waals surface area contributed by atoms with E-state index in [4.69, 9.17) is 0 Å². The van der Waals surface area contributed by atoms with Crippen LogP contribution in [0.2, 0.25) is 0 Å². The van der Waals surface area contributed by atoms with Crippen molar-refractivity contribution in [3.05, 3.63) is 0 Å². The molecule has 0 rings (SSSR count). The molecular formula is C16H31BrFNO. The van der Waals surface area contributed by atoms with Crippen LogP contribution < -0.4 is 0 Å². The van der Waals surface area contributed by atoms with Gasteiger partial charge in [0.2, 0.25) is 5.91 Å². The Morgan fingerprint density at radius 3 is 1.90 bits per heavy atom. The molecule has 0 aliphatic rings. The van der Waals surface area contributed by atoms with Crippen LogP contribution in [0.3, 0.4) is 0 Å². The van der Waals surface area contributed by atoms with Crippen LogP contribution in [0.5, 0.6) is 0 Å². The lowest BCUT2D eigenvalue weighted by atomic mass is 10.1. The van der Waals surface area contributed by atoms with Crippen molar-refractivity contribution in [3.63, 3.8) is 0 Å². The van der Waals surface area contributed by atoms with Crippen molar-refractivity contribution in [2.24, 2.45) is 0 Å². The summed E-state index contributed by atoms with van der Waals surface area (Å²) < 4.78 is 11.9. The topological polar surface area (TPSA) is 20.3 Å². The number of hydrogen-bond donors (Lipinski definition) is 0. The van der Waals surface area contributed by atoms with Crippen molar-refractivity contribution >= 4 is 21.8 Å². The van der Waals surface area contributed by atoms with Gasteiger partial charge in [-0.2, -0.15) is 0 Å². The lowest BCUT2D eigenvalue weighted by Crippen LogP contribution is -2.33. The Balaban J connectivity index is 3.50. The second-order valence-corrected chi connectivity index (χ2v) is 5.95. The maximum Gasteiger partial charge on any atom is 0.233 e. The third-order valence-corrected chi connectivity index (χ3v) is 4.04. The Morgan fingerprint density at radius 1 is 0.900 bits per heavy atom. The number of unbranched alkanes of at least 4 members (excludes halogenated alkanes) is 8. The van der Waals surface area contributed by atoms with Crippen LogP contribution in [0.25, 0.3) is 0 Å². The molecule has 0 N–H and O–H groups in total. The van der Waals surface area contributed by atoms with Crippen molar-refractivity contribution in [2.45, 2.75) is 71.1 Å². The highest BCUT2D eigenvalue weighted by Gasteiger charge is 2.10. The zero-order valence-corrected chi connectivity index (χ0v) is 14.6. The van der Waals surface area contributed by atoms with Gasteiger partial charge < -0.3 is 4.90 Å². The highest BCUT2D eigenvalue weighted by molar-refractivity contribution is 9.09. The molecule has 0 aliphatic heterocycles. The van der Waals surface area contributed by atoms with E-state index in [0.29, 0.717) is 5.33 Å². The molecule has 4 heteroatoms. The average molecular weight is 352 g/mol. The normalized spacial score (nSPS) is 10.8. The summed E-state index contributed by atoms with van der Waals surface area (Å²) in [6.07, 6.45) is 11.1. The number of hydrogen-bond acceptors (Lipinski definition) is 1. The van der Waals surface area contributed by atoms with E-state index in [0.717, 1.165) is 51.6 Å². The van der Waals surface area contributed by atoms with Crippen molar-refractivity contribution < 1.29 is 9.18 Å². The van der Waals surface area contributed by atoms with Crippen LogP contribution >= 0.6 is 15.9 Å². The van der Waals surface area contributed by atoms with Gasteiger partial charge in [-0.25, -0.2) is 0 Å². The lowest BCUT2D eigenvalue weighted by Gasteiger charge is -2.21. The highest BCUT2D eigenvalue weighted by atomic mass is 79.9. The van der Waals surface area contributed by atoms with Crippen LogP contribution in [-0.2, 0) is 4.79 Å². The minimum Gasteiger partial charge on any atom is -0.342 e. The Hall–Kier alpha value is -0.120. The molecule has 0 saturated heterocycles. The molecule has 120 valence electrons. The number of alkyl halides is 2. The summed E-state index contributed by atoms with van der Waals surface area (Å²) >= 11 is 3.25. The Kier molecular flexibility index (Phi) is 15.2. The predicted octanol–water partition coefficient (Wildman–Crippen LogP) is 5.10. The summed E-state index contributed by atoms with van der Waals surface area (Å²) in [6, 6.07) is 0. The molecule has 0 saturated carbocycles. The van der Waals surface area contributed by atoms with Crippen LogP contribution in [0.15, 0.2) is 0 Å². The van der Waals surface area contributed by atoms with Crippen LogP contribution in [0, 0.1) is 0 Å². The number of nitrogens with zero attached hydrogens (tertiary/aromatic N) is 1. The van der Waals surface area contributed by atoms with E-state index < -0.39 is 0 Å². The molecule has 1 amide bonds. The summed E-state index contributed by atoms with van der Waals surface area (Å²) in [5.74, 6) is 0.213. The second-order valence-electron chi connectivity index (χ2n) is 5.39. The zero-order chi connectivity index (χ0) is 15.1. The maximum atomic E-state index is 11.9. The van der Waals surface area contributed by atoms with Gasteiger partial charge in [0.05, 0.1) is 12.0 Å². The molecule has 0 aliphatic carbocycles. The summed E-state index contributed by atoms with van der Waals surface area (Å²) in [6.45, 7) is 3.77. The van der Waals surface area contributed by atoms with Gasteiger partial charge in [-0.1, -0.05) is 67.8 Å². The maximum absolute atomic E-state index is 11.9. The molecule has 0 aromatic carbocycles. The first kappa shape index (κ1) is 19.9. The van der Waals surface area contributed by atoms with Crippen LogP contribution in [0.1, 0.15) is 71.1 Å². The minimum absolute atomic E-state index is 0.171. The van der Waals surface area contributed by atoms with E-state index in [1.54, 1.807) is 0 Å².